The summed E-state index contributed by atoms with van der Waals surface area (Å²) in [6, 6.07) is 3.58. The first-order valence-corrected chi connectivity index (χ1v) is 8.33. The van der Waals surface area contributed by atoms with Crippen molar-refractivity contribution >= 4 is 22.4 Å². The van der Waals surface area contributed by atoms with Gasteiger partial charge in [0.05, 0.1) is 11.2 Å². The van der Waals surface area contributed by atoms with E-state index in [1.807, 2.05) is 6.07 Å². The number of fused-ring (bicyclic) bond motifs is 1. The van der Waals surface area contributed by atoms with Gasteiger partial charge in [0.1, 0.15) is 24.7 Å². The van der Waals surface area contributed by atoms with Crippen molar-refractivity contribution in [2.45, 2.75) is 18.4 Å². The quantitative estimate of drug-likeness (QED) is 0.864. The normalized spacial score (nSPS) is 15.0. The summed E-state index contributed by atoms with van der Waals surface area (Å²) in [7, 11) is -1.13. The second-order valence-corrected chi connectivity index (χ2v) is 6.56. The smallest absolute Gasteiger partial charge is 0.206 e. The molecule has 3 rings (SSSR count). The summed E-state index contributed by atoms with van der Waals surface area (Å²) in [5.41, 5.74) is 0.839. The molecule has 0 fully saturated rings. The van der Waals surface area contributed by atoms with Crippen LogP contribution in [-0.2, 0) is 22.3 Å². The summed E-state index contributed by atoms with van der Waals surface area (Å²) < 4.78 is 28.5. The third kappa shape index (κ3) is 3.39. The molecule has 112 valence electrons. The van der Waals surface area contributed by atoms with E-state index in [1.165, 1.54) is 0 Å². The molecule has 0 N–H and O–H groups in total. The minimum atomic E-state index is -1.13. The van der Waals surface area contributed by atoms with E-state index in [4.69, 9.17) is 25.5 Å². The van der Waals surface area contributed by atoms with Gasteiger partial charge in [-0.2, -0.15) is 0 Å². The molecule has 21 heavy (non-hydrogen) atoms. The van der Waals surface area contributed by atoms with E-state index in [0.717, 1.165) is 5.56 Å². The number of halogens is 1. The molecule has 2 heterocycles. The van der Waals surface area contributed by atoms with Crippen molar-refractivity contribution in [3.8, 4) is 11.5 Å². The summed E-state index contributed by atoms with van der Waals surface area (Å²) in [4.78, 5) is 4.05. The molecule has 0 spiro atoms. The van der Waals surface area contributed by atoms with E-state index in [2.05, 4.69) is 4.98 Å². The van der Waals surface area contributed by atoms with Crippen molar-refractivity contribution in [3.05, 3.63) is 40.6 Å². The Balaban J connectivity index is 1.72. The molecule has 0 saturated carbocycles. The highest BCUT2D eigenvalue weighted by molar-refractivity contribution is 7.83. The van der Waals surface area contributed by atoms with Gasteiger partial charge in [0.25, 0.3) is 0 Å². The maximum Gasteiger partial charge on any atom is 0.206 e. The fourth-order valence-corrected chi connectivity index (χ4v) is 3.43. The van der Waals surface area contributed by atoms with Gasteiger partial charge in [0.15, 0.2) is 11.5 Å². The zero-order chi connectivity index (χ0) is 14.8. The molecule has 7 heteroatoms. The number of ether oxygens (including phenoxy) is 2. The van der Waals surface area contributed by atoms with Crippen LogP contribution >= 0.6 is 11.6 Å². The minimum absolute atomic E-state index is 0.278. The molecule has 1 aliphatic heterocycles. The van der Waals surface area contributed by atoms with Crippen molar-refractivity contribution in [1.82, 2.24) is 4.98 Å². The second-order valence-electron chi connectivity index (χ2n) is 4.69. The van der Waals surface area contributed by atoms with Crippen LogP contribution in [0.2, 0.25) is 5.02 Å². The second kappa shape index (κ2) is 6.07. The molecule has 2 aromatic rings. The fourth-order valence-electron chi connectivity index (χ4n) is 2.09. The van der Waals surface area contributed by atoms with E-state index in [9.17, 15) is 4.21 Å². The number of benzene rings is 1. The number of aryl methyl sites for hydroxylation is 1. The van der Waals surface area contributed by atoms with Crippen molar-refractivity contribution < 1.29 is 18.1 Å². The van der Waals surface area contributed by atoms with Crippen molar-refractivity contribution in [2.24, 2.45) is 0 Å². The predicted octanol–water partition coefficient (Wildman–Crippen LogP) is 2.86. The standard InChI is InChI=1S/C14H14ClNO4S/c1-9-6-16-13(20-9)8-21(17)7-10-4-11(15)14-12(5-10)18-2-3-19-14/h4-6H,2-3,7-8H2,1H3/t21-/m0/s1. The third-order valence-electron chi connectivity index (χ3n) is 2.94. The number of hydrogen-bond acceptors (Lipinski definition) is 5. The first-order valence-electron chi connectivity index (χ1n) is 6.46. The molecular formula is C14H14ClNO4S. The van der Waals surface area contributed by atoms with Gasteiger partial charge in [0.2, 0.25) is 5.89 Å². The number of oxazole rings is 1. The maximum atomic E-state index is 12.2. The average Bonchev–Trinajstić information content (AvgIpc) is 2.84. The van der Waals surface area contributed by atoms with Crippen LogP contribution < -0.4 is 9.47 Å². The lowest BCUT2D eigenvalue weighted by molar-refractivity contribution is 0.171. The number of rotatable bonds is 4. The first-order chi connectivity index (χ1) is 10.1. The number of nitrogens with zero attached hydrogens (tertiary/aromatic N) is 1. The Kier molecular flexibility index (Phi) is 4.17. The van der Waals surface area contributed by atoms with Gasteiger partial charge in [-0.3, -0.25) is 4.21 Å². The summed E-state index contributed by atoms with van der Waals surface area (Å²) in [5.74, 6) is 2.99. The van der Waals surface area contributed by atoms with Crippen LogP contribution in [0, 0.1) is 6.92 Å². The SMILES string of the molecule is Cc1cnc(C[S@@](=O)Cc2cc(Cl)c3c(c2)OCCO3)o1. The maximum absolute atomic E-state index is 12.2. The van der Waals surface area contributed by atoms with Gasteiger partial charge in [-0.1, -0.05) is 11.6 Å². The first kappa shape index (κ1) is 14.4. The van der Waals surface area contributed by atoms with Crippen LogP contribution in [-0.4, -0.2) is 22.4 Å². The lowest BCUT2D eigenvalue weighted by atomic mass is 10.2. The van der Waals surface area contributed by atoms with Crippen LogP contribution in [0.3, 0.4) is 0 Å². The summed E-state index contributed by atoms with van der Waals surface area (Å²) >= 11 is 6.16. The Morgan fingerprint density at radius 3 is 2.86 bits per heavy atom. The molecule has 1 aromatic carbocycles. The number of aromatic nitrogens is 1. The summed E-state index contributed by atoms with van der Waals surface area (Å²) in [5, 5.41) is 0.478. The molecule has 1 atom stereocenters. The molecule has 0 bridgehead atoms. The predicted molar refractivity (Wildman–Crippen MR) is 79.2 cm³/mol. The van der Waals surface area contributed by atoms with Crippen LogP contribution in [0.25, 0.3) is 0 Å². The zero-order valence-electron chi connectivity index (χ0n) is 11.4. The Labute approximate surface area is 129 Å². The highest BCUT2D eigenvalue weighted by Gasteiger charge is 2.18. The van der Waals surface area contributed by atoms with Gasteiger partial charge in [-0.05, 0) is 24.6 Å². The molecule has 0 amide bonds. The minimum Gasteiger partial charge on any atom is -0.486 e. The van der Waals surface area contributed by atoms with Crippen LogP contribution in [0.4, 0.5) is 0 Å². The molecule has 0 saturated heterocycles. The van der Waals surface area contributed by atoms with E-state index in [1.54, 1.807) is 19.2 Å². The lowest BCUT2D eigenvalue weighted by Crippen LogP contribution is -2.16. The van der Waals surface area contributed by atoms with E-state index in [0.29, 0.717) is 47.1 Å². The third-order valence-corrected chi connectivity index (χ3v) is 4.44. The van der Waals surface area contributed by atoms with Gasteiger partial charge in [-0.25, -0.2) is 4.98 Å². The Bertz CT molecular complexity index is 686. The highest BCUT2D eigenvalue weighted by Crippen LogP contribution is 2.38. The van der Waals surface area contributed by atoms with E-state index in [-0.39, 0.29) is 5.75 Å². The zero-order valence-corrected chi connectivity index (χ0v) is 13.0. The average molecular weight is 328 g/mol. The molecule has 1 aliphatic rings. The molecular weight excluding hydrogens is 314 g/mol. The fraction of sp³-hybridized carbons (Fsp3) is 0.357. The Hall–Kier alpha value is -1.53. The van der Waals surface area contributed by atoms with Gasteiger partial charge in [-0.15, -0.1) is 0 Å². The summed E-state index contributed by atoms with van der Waals surface area (Å²) in [6.45, 7) is 2.78. The van der Waals surface area contributed by atoms with Crippen LogP contribution in [0.5, 0.6) is 11.5 Å². The van der Waals surface area contributed by atoms with Crippen molar-refractivity contribution in [3.63, 3.8) is 0 Å². The molecule has 5 nitrogen and oxygen atoms in total. The van der Waals surface area contributed by atoms with Crippen LogP contribution in [0.15, 0.2) is 22.7 Å². The monoisotopic (exact) mass is 327 g/mol. The lowest BCUT2D eigenvalue weighted by Gasteiger charge is -2.20. The largest absolute Gasteiger partial charge is 0.486 e. The molecule has 0 aliphatic carbocycles. The topological polar surface area (TPSA) is 61.6 Å². The molecule has 0 unspecified atom stereocenters. The van der Waals surface area contributed by atoms with E-state index >= 15 is 0 Å². The molecule has 0 radical (unpaired) electrons. The van der Waals surface area contributed by atoms with Crippen molar-refractivity contribution in [2.75, 3.05) is 13.2 Å². The number of hydrogen-bond donors (Lipinski definition) is 0. The van der Waals surface area contributed by atoms with Crippen LogP contribution in [0.1, 0.15) is 17.2 Å². The van der Waals surface area contributed by atoms with Crippen molar-refractivity contribution in [1.29, 1.82) is 0 Å². The Morgan fingerprint density at radius 2 is 2.10 bits per heavy atom. The van der Waals surface area contributed by atoms with Gasteiger partial charge < -0.3 is 13.9 Å². The Morgan fingerprint density at radius 1 is 1.29 bits per heavy atom. The highest BCUT2D eigenvalue weighted by atomic mass is 35.5. The molecule has 1 aromatic heterocycles. The van der Waals surface area contributed by atoms with E-state index < -0.39 is 10.8 Å². The van der Waals surface area contributed by atoms with Gasteiger partial charge in [0, 0.05) is 16.6 Å². The van der Waals surface area contributed by atoms with Gasteiger partial charge >= 0.3 is 0 Å². The summed E-state index contributed by atoms with van der Waals surface area (Å²) in [6.07, 6.45) is 1.62.